The Labute approximate surface area is 225 Å². The molecule has 0 aliphatic rings. The van der Waals surface area contributed by atoms with E-state index >= 15 is 0 Å². The number of hydrogen-bond acceptors (Lipinski definition) is 4. The highest BCUT2D eigenvalue weighted by Gasteiger charge is 2.31. The van der Waals surface area contributed by atoms with Crippen LogP contribution >= 0.6 is 11.8 Å². The lowest BCUT2D eigenvalue weighted by Crippen LogP contribution is -2.52. The number of hydrogen-bond donors (Lipinski definition) is 1. The molecular weight excluding hydrogens is 480 g/mol. The Bertz CT molecular complexity index is 1150. The summed E-state index contributed by atoms with van der Waals surface area (Å²) >= 11 is 1.58. The Balaban J connectivity index is 1.87. The molecule has 0 aliphatic carbocycles. The molecule has 0 radical (unpaired) electrons. The second kappa shape index (κ2) is 14.5. The van der Waals surface area contributed by atoms with Crippen molar-refractivity contribution in [2.75, 3.05) is 12.9 Å². The Morgan fingerprint density at radius 2 is 1.65 bits per heavy atom. The van der Waals surface area contributed by atoms with E-state index in [9.17, 15) is 9.59 Å². The zero-order valence-electron chi connectivity index (χ0n) is 22.3. The molecule has 0 fully saturated rings. The molecule has 0 bridgehead atoms. The average Bonchev–Trinajstić information content (AvgIpc) is 2.91. The average molecular weight is 519 g/mol. The summed E-state index contributed by atoms with van der Waals surface area (Å²) in [5.74, 6) is 1.57. The number of carbonyl (C=O) groups is 2. The Morgan fingerprint density at radius 1 is 0.946 bits per heavy atom. The fraction of sp³-hybridized carbons (Fsp3) is 0.355. The Kier molecular flexibility index (Phi) is 11.1. The normalized spacial score (nSPS) is 12.4. The second-order valence-electron chi connectivity index (χ2n) is 9.38. The summed E-state index contributed by atoms with van der Waals surface area (Å²) in [5.41, 5.74) is 4.33. The van der Waals surface area contributed by atoms with Crippen LogP contribution in [0.15, 0.2) is 78.9 Å². The summed E-state index contributed by atoms with van der Waals surface area (Å²) < 4.78 is 5.40. The number of nitrogens with one attached hydrogen (secondary N) is 1. The maximum Gasteiger partial charge on any atom is 0.243 e. The van der Waals surface area contributed by atoms with Crippen LogP contribution < -0.4 is 10.1 Å². The minimum atomic E-state index is -0.630. The smallest absolute Gasteiger partial charge is 0.243 e. The molecule has 1 N–H and O–H groups in total. The number of nitrogens with zero attached hydrogens (tertiary/aromatic N) is 1. The maximum absolute atomic E-state index is 13.7. The van der Waals surface area contributed by atoms with Gasteiger partial charge < -0.3 is 15.0 Å². The van der Waals surface area contributed by atoms with Crippen molar-refractivity contribution < 1.29 is 14.3 Å². The Hall–Kier alpha value is -3.25. The largest absolute Gasteiger partial charge is 0.497 e. The zero-order valence-corrected chi connectivity index (χ0v) is 23.1. The van der Waals surface area contributed by atoms with E-state index in [1.165, 1.54) is 11.1 Å². The number of methoxy groups -OCH3 is 1. The molecule has 0 unspecified atom stereocenters. The van der Waals surface area contributed by atoms with Crippen molar-refractivity contribution in [1.29, 1.82) is 0 Å². The molecule has 0 aromatic heterocycles. The van der Waals surface area contributed by atoms with Crippen molar-refractivity contribution in [1.82, 2.24) is 10.2 Å². The molecular formula is C31H38N2O3S. The third-order valence-electron chi connectivity index (χ3n) is 6.34. The number of rotatable bonds is 13. The van der Waals surface area contributed by atoms with Gasteiger partial charge in [-0.1, -0.05) is 79.2 Å². The lowest BCUT2D eigenvalue weighted by Gasteiger charge is -2.32. The van der Waals surface area contributed by atoms with Crippen LogP contribution in [0.1, 0.15) is 42.5 Å². The van der Waals surface area contributed by atoms with Crippen LogP contribution in [0.2, 0.25) is 0 Å². The Morgan fingerprint density at radius 3 is 2.35 bits per heavy atom. The summed E-state index contributed by atoms with van der Waals surface area (Å²) in [6, 6.07) is 25.3. The number of aryl methyl sites for hydroxylation is 1. The first-order valence-corrected chi connectivity index (χ1v) is 13.9. The van der Waals surface area contributed by atoms with Gasteiger partial charge in [0.05, 0.1) is 12.9 Å². The fourth-order valence-electron chi connectivity index (χ4n) is 4.10. The van der Waals surface area contributed by atoms with Crippen LogP contribution in [0.3, 0.4) is 0 Å². The second-order valence-corrected chi connectivity index (χ2v) is 10.4. The molecule has 2 amide bonds. The number of thioether (sulfide) groups is 1. The molecule has 37 heavy (non-hydrogen) atoms. The highest BCUT2D eigenvalue weighted by atomic mass is 32.2. The van der Waals surface area contributed by atoms with Crippen LogP contribution in [-0.2, 0) is 28.3 Å². The first-order chi connectivity index (χ1) is 17.9. The maximum atomic E-state index is 13.7. The van der Waals surface area contributed by atoms with Gasteiger partial charge in [0.15, 0.2) is 0 Å². The van der Waals surface area contributed by atoms with Crippen molar-refractivity contribution >= 4 is 23.6 Å². The summed E-state index contributed by atoms with van der Waals surface area (Å²) in [7, 11) is 1.63. The zero-order chi connectivity index (χ0) is 26.6. The van der Waals surface area contributed by atoms with Crippen LogP contribution in [0.25, 0.3) is 0 Å². The summed E-state index contributed by atoms with van der Waals surface area (Å²) in [4.78, 5) is 29.1. The summed E-state index contributed by atoms with van der Waals surface area (Å²) in [6.45, 7) is 6.42. The van der Waals surface area contributed by atoms with Gasteiger partial charge in [0.1, 0.15) is 11.8 Å². The van der Waals surface area contributed by atoms with E-state index in [0.29, 0.717) is 18.7 Å². The van der Waals surface area contributed by atoms with Crippen LogP contribution in [0.4, 0.5) is 0 Å². The topological polar surface area (TPSA) is 58.6 Å². The van der Waals surface area contributed by atoms with Crippen LogP contribution in [0, 0.1) is 6.92 Å². The first kappa shape index (κ1) is 28.3. The standard InChI is InChI=1S/C31H38N2O3S/c1-5-24(3)32-31(35)29(19-25-12-7-6-8-13-25)33(20-26-14-10-16-28(18-26)36-4)30(34)22-37-21-27-15-9-11-23(2)17-27/h6-18,24,29H,5,19-22H2,1-4H3,(H,32,35)/t24-,29+/m0/s1. The minimum absolute atomic E-state index is 0.0234. The fourth-order valence-corrected chi connectivity index (χ4v) is 4.96. The van der Waals surface area contributed by atoms with Gasteiger partial charge >= 0.3 is 0 Å². The predicted octanol–water partition coefficient (Wildman–Crippen LogP) is 5.79. The number of carbonyl (C=O) groups excluding carboxylic acids is 2. The van der Waals surface area contributed by atoms with Crippen molar-refractivity contribution in [2.24, 2.45) is 0 Å². The lowest BCUT2D eigenvalue weighted by molar-refractivity contribution is -0.139. The van der Waals surface area contributed by atoms with Gasteiger partial charge in [-0.3, -0.25) is 9.59 Å². The molecule has 196 valence electrons. The van der Waals surface area contributed by atoms with E-state index in [4.69, 9.17) is 4.74 Å². The molecule has 3 aromatic rings. The molecule has 6 heteroatoms. The van der Waals surface area contributed by atoms with Crippen molar-refractivity contribution in [3.05, 3.63) is 101 Å². The molecule has 0 spiro atoms. The van der Waals surface area contributed by atoms with Gasteiger partial charge in [0, 0.05) is 24.8 Å². The SMILES string of the molecule is CC[C@H](C)NC(=O)[C@@H](Cc1ccccc1)N(Cc1cccc(OC)c1)C(=O)CSCc1cccc(C)c1. The van der Waals surface area contributed by atoms with E-state index in [1.807, 2.05) is 74.5 Å². The monoisotopic (exact) mass is 518 g/mol. The molecule has 0 aliphatic heterocycles. The predicted molar refractivity (Wildman–Crippen MR) is 153 cm³/mol. The number of ether oxygens (including phenoxy) is 1. The molecule has 3 rings (SSSR count). The molecule has 5 nitrogen and oxygen atoms in total. The quantitative estimate of drug-likeness (QED) is 0.311. The van der Waals surface area contributed by atoms with Crippen LogP contribution in [-0.4, -0.2) is 41.7 Å². The summed E-state index contributed by atoms with van der Waals surface area (Å²) in [5, 5.41) is 3.12. The third kappa shape index (κ3) is 8.97. The molecule has 2 atom stereocenters. The van der Waals surface area contributed by atoms with E-state index in [-0.39, 0.29) is 17.9 Å². The third-order valence-corrected chi connectivity index (χ3v) is 7.32. The van der Waals surface area contributed by atoms with Crippen molar-refractivity contribution in [3.63, 3.8) is 0 Å². The minimum Gasteiger partial charge on any atom is -0.497 e. The molecule has 0 heterocycles. The molecule has 3 aromatic carbocycles. The lowest BCUT2D eigenvalue weighted by atomic mass is 10.0. The van der Waals surface area contributed by atoms with Gasteiger partial charge in [-0.15, -0.1) is 11.8 Å². The summed E-state index contributed by atoms with van der Waals surface area (Å²) in [6.07, 6.45) is 1.27. The van der Waals surface area contributed by atoms with Crippen LogP contribution in [0.5, 0.6) is 5.75 Å². The van der Waals surface area contributed by atoms with E-state index in [2.05, 4.69) is 30.4 Å². The van der Waals surface area contributed by atoms with Gasteiger partial charge in [0.2, 0.25) is 11.8 Å². The van der Waals surface area contributed by atoms with E-state index < -0.39 is 6.04 Å². The highest BCUT2D eigenvalue weighted by molar-refractivity contribution is 7.99. The molecule has 0 saturated carbocycles. The number of amides is 2. The number of benzene rings is 3. The van der Waals surface area contributed by atoms with Gasteiger partial charge in [-0.25, -0.2) is 0 Å². The molecule has 0 saturated heterocycles. The van der Waals surface area contributed by atoms with E-state index in [1.54, 1.807) is 23.8 Å². The van der Waals surface area contributed by atoms with Gasteiger partial charge in [-0.2, -0.15) is 0 Å². The van der Waals surface area contributed by atoms with Crippen molar-refractivity contribution in [3.8, 4) is 5.75 Å². The first-order valence-electron chi connectivity index (χ1n) is 12.8. The highest BCUT2D eigenvalue weighted by Crippen LogP contribution is 2.21. The van der Waals surface area contributed by atoms with Crippen molar-refractivity contribution in [2.45, 2.75) is 58.0 Å². The van der Waals surface area contributed by atoms with Gasteiger partial charge in [-0.05, 0) is 49.1 Å². The van der Waals surface area contributed by atoms with E-state index in [0.717, 1.165) is 29.1 Å². The van der Waals surface area contributed by atoms with Gasteiger partial charge in [0.25, 0.3) is 0 Å².